The highest BCUT2D eigenvalue weighted by Crippen LogP contribution is 2.34. The first-order valence-electron chi connectivity index (χ1n) is 11.4. The first-order chi connectivity index (χ1) is 17.5. The molecule has 2 heterocycles. The second kappa shape index (κ2) is 10.00. The smallest absolute Gasteiger partial charge is 0.243 e. The number of fused-ring (bicyclic) bond motifs is 1. The van der Waals surface area contributed by atoms with E-state index in [1.54, 1.807) is 49.4 Å². The van der Waals surface area contributed by atoms with Crippen LogP contribution in [0.5, 0.6) is 17.2 Å². The van der Waals surface area contributed by atoms with Crippen molar-refractivity contribution in [3.8, 4) is 22.9 Å². The molecule has 9 nitrogen and oxygen atoms in total. The molecule has 0 radical (unpaired) electrons. The second-order valence-corrected chi connectivity index (χ2v) is 10.3. The maximum atomic E-state index is 13.4. The third kappa shape index (κ3) is 4.77. The zero-order valence-electron chi connectivity index (χ0n) is 20.0. The maximum absolute atomic E-state index is 13.4. The van der Waals surface area contributed by atoms with Crippen LogP contribution in [0.25, 0.3) is 5.69 Å². The summed E-state index contributed by atoms with van der Waals surface area (Å²) in [4.78, 5) is 0.225. The normalized spacial score (nSPS) is 13.7. The van der Waals surface area contributed by atoms with Crippen LogP contribution in [-0.2, 0) is 29.6 Å². The quantitative estimate of drug-likeness (QED) is 0.360. The molecular weight excluding hydrogens is 480 g/mol. The summed E-state index contributed by atoms with van der Waals surface area (Å²) in [5.74, 6) is 1.98. The molecule has 0 fully saturated rings. The molecule has 0 aliphatic carbocycles. The van der Waals surface area contributed by atoms with Crippen LogP contribution in [0.2, 0.25) is 0 Å². The number of para-hydroxylation sites is 1. The van der Waals surface area contributed by atoms with Crippen molar-refractivity contribution in [3.63, 3.8) is 0 Å². The van der Waals surface area contributed by atoms with Gasteiger partial charge in [-0.15, -0.1) is 5.10 Å². The lowest BCUT2D eigenvalue weighted by molar-refractivity contribution is 0.301. The molecule has 0 spiro atoms. The van der Waals surface area contributed by atoms with Crippen LogP contribution in [0.15, 0.2) is 77.8 Å². The molecule has 186 valence electrons. The minimum absolute atomic E-state index is 0.225. The van der Waals surface area contributed by atoms with Crippen LogP contribution in [0.3, 0.4) is 0 Å². The van der Waals surface area contributed by atoms with E-state index in [-0.39, 0.29) is 18.0 Å². The SMILES string of the molecule is COc1cc2c(cc1OC)CN(S(=O)(=O)c1ccc(-n3cc(COc4ccccc4)nn3)cc1)CC2. The van der Waals surface area contributed by atoms with Gasteiger partial charge in [-0.2, -0.15) is 4.31 Å². The van der Waals surface area contributed by atoms with E-state index in [9.17, 15) is 8.42 Å². The molecule has 1 aromatic heterocycles. The molecule has 10 heteroatoms. The number of aromatic nitrogens is 3. The molecule has 3 aromatic carbocycles. The van der Waals surface area contributed by atoms with E-state index in [4.69, 9.17) is 14.2 Å². The first kappa shape index (κ1) is 23.8. The number of benzene rings is 3. The van der Waals surface area contributed by atoms with Crippen molar-refractivity contribution in [2.45, 2.75) is 24.5 Å². The van der Waals surface area contributed by atoms with Crippen LogP contribution in [0, 0.1) is 0 Å². The van der Waals surface area contributed by atoms with Crippen LogP contribution in [0.1, 0.15) is 16.8 Å². The summed E-state index contributed by atoms with van der Waals surface area (Å²) in [7, 11) is -0.521. The fraction of sp³-hybridized carbons (Fsp3) is 0.231. The Morgan fingerprint density at radius 1 is 0.917 bits per heavy atom. The van der Waals surface area contributed by atoms with Crippen molar-refractivity contribution in [2.75, 3.05) is 20.8 Å². The van der Waals surface area contributed by atoms with Gasteiger partial charge in [-0.25, -0.2) is 13.1 Å². The van der Waals surface area contributed by atoms with E-state index >= 15 is 0 Å². The van der Waals surface area contributed by atoms with E-state index in [2.05, 4.69) is 10.3 Å². The monoisotopic (exact) mass is 506 g/mol. The van der Waals surface area contributed by atoms with Crippen LogP contribution < -0.4 is 14.2 Å². The van der Waals surface area contributed by atoms with Crippen molar-refractivity contribution < 1.29 is 22.6 Å². The van der Waals surface area contributed by atoms with Gasteiger partial charge in [0.25, 0.3) is 0 Å². The molecule has 4 aromatic rings. The highest BCUT2D eigenvalue weighted by Gasteiger charge is 2.29. The van der Waals surface area contributed by atoms with Crippen LogP contribution in [0.4, 0.5) is 0 Å². The molecule has 0 unspecified atom stereocenters. The number of sulfonamides is 1. The standard InChI is InChI=1S/C26H26N4O5S/c1-33-25-14-19-12-13-29(16-20(19)15-26(25)34-2)36(31,32)24-10-8-22(9-11-24)30-17-21(27-28-30)18-35-23-6-4-3-5-7-23/h3-11,14-15,17H,12-13,16,18H2,1-2H3. The van der Waals surface area contributed by atoms with Crippen LogP contribution in [-0.4, -0.2) is 48.5 Å². The van der Waals surface area contributed by atoms with Gasteiger partial charge in [-0.05, 0) is 66.1 Å². The number of methoxy groups -OCH3 is 2. The average molecular weight is 507 g/mol. The van der Waals surface area contributed by atoms with E-state index in [0.717, 1.165) is 16.9 Å². The summed E-state index contributed by atoms with van der Waals surface area (Å²) in [6, 6.07) is 19.9. The summed E-state index contributed by atoms with van der Waals surface area (Å²) in [5, 5.41) is 8.28. The maximum Gasteiger partial charge on any atom is 0.243 e. The molecule has 0 atom stereocenters. The Kier molecular flexibility index (Phi) is 6.62. The highest BCUT2D eigenvalue weighted by molar-refractivity contribution is 7.89. The predicted molar refractivity (Wildman–Crippen MR) is 133 cm³/mol. The third-order valence-corrected chi connectivity index (χ3v) is 7.95. The Hall–Kier alpha value is -3.89. The minimum Gasteiger partial charge on any atom is -0.493 e. The second-order valence-electron chi connectivity index (χ2n) is 8.31. The fourth-order valence-electron chi connectivity index (χ4n) is 4.15. The van der Waals surface area contributed by atoms with Gasteiger partial charge in [-0.1, -0.05) is 23.4 Å². The lowest BCUT2D eigenvalue weighted by atomic mass is 10.0. The van der Waals surface area contributed by atoms with E-state index < -0.39 is 10.0 Å². The predicted octanol–water partition coefficient (Wildman–Crippen LogP) is 3.61. The minimum atomic E-state index is -3.68. The summed E-state index contributed by atoms with van der Waals surface area (Å²) in [6.07, 6.45) is 2.36. The largest absolute Gasteiger partial charge is 0.493 e. The molecule has 0 saturated heterocycles. The number of ether oxygens (including phenoxy) is 3. The van der Waals surface area contributed by atoms with Crippen molar-refractivity contribution in [3.05, 3.63) is 89.7 Å². The first-order valence-corrected chi connectivity index (χ1v) is 12.9. The van der Waals surface area contributed by atoms with Gasteiger partial charge < -0.3 is 14.2 Å². The Morgan fingerprint density at radius 3 is 2.31 bits per heavy atom. The molecule has 36 heavy (non-hydrogen) atoms. The molecule has 1 aliphatic rings. The van der Waals surface area contributed by atoms with Gasteiger partial charge in [0.15, 0.2) is 11.5 Å². The molecule has 0 amide bonds. The van der Waals surface area contributed by atoms with Gasteiger partial charge in [-0.3, -0.25) is 0 Å². The third-order valence-electron chi connectivity index (χ3n) is 6.09. The summed E-state index contributed by atoms with van der Waals surface area (Å²) in [6.45, 7) is 0.942. The lowest BCUT2D eigenvalue weighted by Gasteiger charge is -2.29. The zero-order chi connectivity index (χ0) is 25.1. The topological polar surface area (TPSA) is 95.8 Å². The summed E-state index contributed by atoms with van der Waals surface area (Å²) < 4.78 is 46.3. The number of hydrogen-bond acceptors (Lipinski definition) is 7. The Morgan fingerprint density at radius 2 is 1.61 bits per heavy atom. The van der Waals surface area contributed by atoms with Crippen molar-refractivity contribution in [1.29, 1.82) is 0 Å². The summed E-state index contributed by atoms with van der Waals surface area (Å²) >= 11 is 0. The van der Waals surface area contributed by atoms with Gasteiger partial charge in [0.05, 0.1) is 31.0 Å². The average Bonchev–Trinajstić information content (AvgIpc) is 3.40. The zero-order valence-corrected chi connectivity index (χ0v) is 20.8. The Labute approximate surface area is 209 Å². The molecule has 0 saturated carbocycles. The molecule has 1 aliphatic heterocycles. The van der Waals surface area contributed by atoms with E-state index in [1.165, 1.54) is 4.31 Å². The number of hydrogen-bond donors (Lipinski definition) is 0. The van der Waals surface area contributed by atoms with Crippen molar-refractivity contribution in [2.24, 2.45) is 0 Å². The summed E-state index contributed by atoms with van der Waals surface area (Å²) in [5.41, 5.74) is 3.34. The van der Waals surface area contributed by atoms with E-state index in [1.807, 2.05) is 42.5 Å². The number of rotatable bonds is 8. The Bertz CT molecular complexity index is 1450. The van der Waals surface area contributed by atoms with Crippen molar-refractivity contribution in [1.82, 2.24) is 19.3 Å². The van der Waals surface area contributed by atoms with E-state index in [0.29, 0.717) is 35.8 Å². The van der Waals surface area contributed by atoms with Gasteiger partial charge >= 0.3 is 0 Å². The van der Waals surface area contributed by atoms with Gasteiger partial charge in [0.2, 0.25) is 10.0 Å². The molecule has 0 N–H and O–H groups in total. The Balaban J connectivity index is 1.29. The molecular formula is C26H26N4O5S. The fourth-order valence-corrected chi connectivity index (χ4v) is 5.57. The van der Waals surface area contributed by atoms with Crippen molar-refractivity contribution >= 4 is 10.0 Å². The van der Waals surface area contributed by atoms with Crippen LogP contribution >= 0.6 is 0 Å². The number of nitrogens with zero attached hydrogens (tertiary/aromatic N) is 4. The van der Waals surface area contributed by atoms with Gasteiger partial charge in [0.1, 0.15) is 18.1 Å². The highest BCUT2D eigenvalue weighted by atomic mass is 32.2. The van der Waals surface area contributed by atoms with Gasteiger partial charge in [0, 0.05) is 13.1 Å². The lowest BCUT2D eigenvalue weighted by Crippen LogP contribution is -2.36. The molecule has 5 rings (SSSR count). The molecule has 0 bridgehead atoms.